The number of nitrogens with zero attached hydrogens (tertiary/aromatic N) is 1. The third-order valence-corrected chi connectivity index (χ3v) is 4.09. The Labute approximate surface area is 101 Å². The van der Waals surface area contributed by atoms with E-state index >= 15 is 0 Å². The van der Waals surface area contributed by atoms with E-state index in [1.807, 2.05) is 12.1 Å². The quantitative estimate of drug-likeness (QED) is 0.825. The molecule has 0 aliphatic heterocycles. The molecule has 0 fully saturated rings. The molecule has 0 unspecified atom stereocenters. The van der Waals surface area contributed by atoms with Gasteiger partial charge in [0.05, 0.1) is 19.9 Å². The maximum absolute atomic E-state index is 5.86. The van der Waals surface area contributed by atoms with Gasteiger partial charge in [-0.15, -0.1) is 22.7 Å². The Morgan fingerprint density at radius 3 is 2.93 bits per heavy atom. The van der Waals surface area contributed by atoms with Crippen LogP contribution >= 0.6 is 46.9 Å². The molecule has 0 radical (unpaired) electrons. The third-order valence-electron chi connectivity index (χ3n) is 1.70. The number of thiophene rings is 1. The fraction of sp³-hybridized carbons (Fsp3) is 0.222. The van der Waals surface area contributed by atoms with Gasteiger partial charge in [-0.3, -0.25) is 0 Å². The highest BCUT2D eigenvalue weighted by molar-refractivity contribution is 7.80. The standard InChI is InChI=1S/C9H8ClNS3/c10-8-2-1-7(14-8)6-5-13-9(11-6)3-4-12/h1-2,5,12H,3-4H2. The lowest BCUT2D eigenvalue weighted by Gasteiger charge is -1.89. The summed E-state index contributed by atoms with van der Waals surface area (Å²) in [7, 11) is 0. The fourth-order valence-corrected chi connectivity index (χ4v) is 3.33. The van der Waals surface area contributed by atoms with E-state index in [4.69, 9.17) is 11.6 Å². The van der Waals surface area contributed by atoms with E-state index < -0.39 is 0 Å². The first kappa shape index (κ1) is 10.5. The summed E-state index contributed by atoms with van der Waals surface area (Å²) in [6.07, 6.45) is 0.937. The predicted molar refractivity (Wildman–Crippen MR) is 68.0 cm³/mol. The van der Waals surface area contributed by atoms with Crippen molar-refractivity contribution in [2.75, 3.05) is 5.75 Å². The normalized spacial score (nSPS) is 10.7. The van der Waals surface area contributed by atoms with Crippen LogP contribution in [0.3, 0.4) is 0 Å². The zero-order chi connectivity index (χ0) is 9.97. The summed E-state index contributed by atoms with van der Waals surface area (Å²) in [5.74, 6) is 0.845. The van der Waals surface area contributed by atoms with Gasteiger partial charge >= 0.3 is 0 Å². The molecule has 0 aromatic carbocycles. The second kappa shape index (κ2) is 4.66. The molecule has 0 bridgehead atoms. The van der Waals surface area contributed by atoms with E-state index in [0.717, 1.165) is 32.1 Å². The van der Waals surface area contributed by atoms with Crippen molar-refractivity contribution in [3.63, 3.8) is 0 Å². The van der Waals surface area contributed by atoms with Crippen LogP contribution in [0.25, 0.3) is 10.6 Å². The van der Waals surface area contributed by atoms with E-state index in [9.17, 15) is 0 Å². The van der Waals surface area contributed by atoms with Crippen molar-refractivity contribution in [3.8, 4) is 10.6 Å². The Morgan fingerprint density at radius 1 is 1.43 bits per heavy atom. The van der Waals surface area contributed by atoms with Crippen molar-refractivity contribution in [3.05, 3.63) is 26.9 Å². The second-order valence-corrected chi connectivity index (χ2v) is 5.81. The molecule has 5 heteroatoms. The second-order valence-electron chi connectivity index (χ2n) is 2.70. The number of rotatable bonds is 3. The lowest BCUT2D eigenvalue weighted by atomic mass is 10.4. The molecular weight excluding hydrogens is 254 g/mol. The zero-order valence-electron chi connectivity index (χ0n) is 7.24. The van der Waals surface area contributed by atoms with Crippen LogP contribution in [0.15, 0.2) is 17.5 Å². The van der Waals surface area contributed by atoms with Crippen LogP contribution in [0.5, 0.6) is 0 Å². The molecule has 2 rings (SSSR count). The maximum Gasteiger partial charge on any atom is 0.0941 e. The van der Waals surface area contributed by atoms with Gasteiger partial charge in [0.15, 0.2) is 0 Å². The number of thiol groups is 1. The largest absolute Gasteiger partial charge is 0.240 e. The molecule has 0 aliphatic carbocycles. The number of hydrogen-bond donors (Lipinski definition) is 1. The van der Waals surface area contributed by atoms with Gasteiger partial charge in [0, 0.05) is 11.8 Å². The summed E-state index contributed by atoms with van der Waals surface area (Å²) in [4.78, 5) is 5.64. The van der Waals surface area contributed by atoms with Gasteiger partial charge in [-0.2, -0.15) is 12.6 Å². The highest BCUT2D eigenvalue weighted by Crippen LogP contribution is 2.31. The number of thiazole rings is 1. The minimum Gasteiger partial charge on any atom is -0.240 e. The number of aromatic nitrogens is 1. The average Bonchev–Trinajstić information content (AvgIpc) is 2.74. The van der Waals surface area contributed by atoms with E-state index in [0.29, 0.717) is 0 Å². The molecule has 0 saturated carbocycles. The molecule has 0 aliphatic rings. The Kier molecular flexibility index (Phi) is 3.49. The minimum atomic E-state index is 0.809. The van der Waals surface area contributed by atoms with Gasteiger partial charge in [-0.05, 0) is 17.9 Å². The van der Waals surface area contributed by atoms with Crippen LogP contribution in [0, 0.1) is 0 Å². The predicted octanol–water partition coefficient (Wildman–Crippen LogP) is 4.00. The molecular formula is C9H8ClNS3. The highest BCUT2D eigenvalue weighted by Gasteiger charge is 2.06. The van der Waals surface area contributed by atoms with Gasteiger partial charge in [-0.1, -0.05) is 11.6 Å². The van der Waals surface area contributed by atoms with E-state index in [-0.39, 0.29) is 0 Å². The van der Waals surface area contributed by atoms with Crippen LogP contribution in [-0.2, 0) is 6.42 Å². The summed E-state index contributed by atoms with van der Waals surface area (Å²) >= 11 is 13.3. The molecule has 2 aromatic rings. The molecule has 0 N–H and O–H groups in total. The highest BCUT2D eigenvalue weighted by atomic mass is 35.5. The van der Waals surface area contributed by atoms with Gasteiger partial charge in [0.1, 0.15) is 0 Å². The first-order chi connectivity index (χ1) is 6.79. The monoisotopic (exact) mass is 261 g/mol. The van der Waals surface area contributed by atoms with Crippen molar-refractivity contribution >= 4 is 46.9 Å². The van der Waals surface area contributed by atoms with E-state index in [1.165, 1.54) is 0 Å². The van der Waals surface area contributed by atoms with Crippen molar-refractivity contribution in [2.45, 2.75) is 6.42 Å². The average molecular weight is 262 g/mol. The molecule has 2 heterocycles. The van der Waals surface area contributed by atoms with Gasteiger partial charge < -0.3 is 0 Å². The summed E-state index contributed by atoms with van der Waals surface area (Å²) in [5.41, 5.74) is 1.03. The Balaban J connectivity index is 2.24. The number of hydrogen-bond acceptors (Lipinski definition) is 4. The number of halogens is 1. The molecule has 2 aromatic heterocycles. The summed E-state index contributed by atoms with van der Waals surface area (Å²) < 4.78 is 0.809. The van der Waals surface area contributed by atoms with Crippen LogP contribution in [0.1, 0.15) is 5.01 Å². The summed E-state index contributed by atoms with van der Waals surface area (Å²) in [5, 5.41) is 3.21. The van der Waals surface area contributed by atoms with Crippen LogP contribution in [-0.4, -0.2) is 10.7 Å². The molecule has 0 atom stereocenters. The molecule has 0 amide bonds. The SMILES string of the molecule is SCCc1nc(-c2ccc(Cl)s2)cs1. The topological polar surface area (TPSA) is 12.9 Å². The Bertz CT molecular complexity index is 421. The molecule has 74 valence electrons. The van der Waals surface area contributed by atoms with E-state index in [1.54, 1.807) is 22.7 Å². The third kappa shape index (κ3) is 2.31. The molecule has 14 heavy (non-hydrogen) atoms. The first-order valence-corrected chi connectivity index (χ1v) is 6.81. The van der Waals surface area contributed by atoms with Crippen molar-refractivity contribution in [1.82, 2.24) is 4.98 Å². The van der Waals surface area contributed by atoms with Gasteiger partial charge in [0.2, 0.25) is 0 Å². The van der Waals surface area contributed by atoms with Crippen molar-refractivity contribution in [2.24, 2.45) is 0 Å². The Morgan fingerprint density at radius 2 is 2.29 bits per heavy atom. The number of aryl methyl sites for hydroxylation is 1. The molecule has 0 saturated heterocycles. The molecule has 1 nitrogen and oxygen atoms in total. The molecule has 0 spiro atoms. The smallest absolute Gasteiger partial charge is 0.0941 e. The lowest BCUT2D eigenvalue weighted by Crippen LogP contribution is -1.83. The van der Waals surface area contributed by atoms with Gasteiger partial charge in [-0.25, -0.2) is 4.98 Å². The summed E-state index contributed by atoms with van der Waals surface area (Å²) in [6, 6.07) is 3.91. The van der Waals surface area contributed by atoms with Crippen molar-refractivity contribution in [1.29, 1.82) is 0 Å². The van der Waals surface area contributed by atoms with Crippen LogP contribution in [0.2, 0.25) is 4.34 Å². The maximum atomic E-state index is 5.86. The van der Waals surface area contributed by atoms with Crippen LogP contribution < -0.4 is 0 Å². The Hall–Kier alpha value is -0.0300. The first-order valence-electron chi connectivity index (χ1n) is 4.10. The minimum absolute atomic E-state index is 0.809. The van der Waals surface area contributed by atoms with Crippen LogP contribution in [0.4, 0.5) is 0 Å². The fourth-order valence-electron chi connectivity index (χ4n) is 1.09. The lowest BCUT2D eigenvalue weighted by molar-refractivity contribution is 1.12. The van der Waals surface area contributed by atoms with E-state index in [2.05, 4.69) is 23.0 Å². The van der Waals surface area contributed by atoms with Crippen molar-refractivity contribution < 1.29 is 0 Å². The zero-order valence-corrected chi connectivity index (χ0v) is 10.5. The summed E-state index contributed by atoms with van der Waals surface area (Å²) in [6.45, 7) is 0. The van der Waals surface area contributed by atoms with Gasteiger partial charge in [0.25, 0.3) is 0 Å².